The molecule has 0 saturated heterocycles. The lowest BCUT2D eigenvalue weighted by atomic mass is 9.67. The minimum atomic E-state index is 0. The monoisotopic (exact) mass is 500 g/mol. The fourth-order valence-electron chi connectivity index (χ4n) is 4.05. The molecule has 0 spiro atoms. The van der Waals surface area contributed by atoms with E-state index in [0.717, 1.165) is 44.6 Å². The van der Waals surface area contributed by atoms with Gasteiger partial charge in [0.05, 0.1) is 6.54 Å². The third kappa shape index (κ3) is 5.59. The van der Waals surface area contributed by atoms with Gasteiger partial charge in [0.15, 0.2) is 5.96 Å². The molecule has 1 amide bonds. The van der Waals surface area contributed by atoms with Gasteiger partial charge in [0.1, 0.15) is 0 Å². The molecular formula is C21H33IN4O2. The van der Waals surface area contributed by atoms with Crippen LogP contribution in [-0.4, -0.2) is 52.3 Å². The number of methoxy groups -OCH3 is 1. The Labute approximate surface area is 185 Å². The van der Waals surface area contributed by atoms with Gasteiger partial charge >= 0.3 is 0 Å². The van der Waals surface area contributed by atoms with Gasteiger partial charge in [-0.15, -0.1) is 24.0 Å². The highest BCUT2D eigenvalue weighted by Crippen LogP contribution is 2.43. The molecule has 0 bridgehead atoms. The summed E-state index contributed by atoms with van der Waals surface area (Å²) < 4.78 is 5.26. The van der Waals surface area contributed by atoms with Gasteiger partial charge in [0, 0.05) is 39.5 Å². The second-order valence-electron chi connectivity index (χ2n) is 7.65. The molecule has 0 unspecified atom stereocenters. The topological polar surface area (TPSA) is 66.0 Å². The summed E-state index contributed by atoms with van der Waals surface area (Å²) in [4.78, 5) is 18.9. The Hall–Kier alpha value is -1.35. The van der Waals surface area contributed by atoms with Crippen LogP contribution in [0.5, 0.6) is 0 Å². The molecule has 3 rings (SSSR count). The molecular weight excluding hydrogens is 467 g/mol. The summed E-state index contributed by atoms with van der Waals surface area (Å²) in [5, 5.41) is 6.60. The molecule has 1 saturated carbocycles. The Kier molecular flexibility index (Phi) is 9.01. The van der Waals surface area contributed by atoms with Gasteiger partial charge in [-0.1, -0.05) is 24.6 Å². The number of carbonyl (C=O) groups is 1. The Morgan fingerprint density at radius 1 is 1.25 bits per heavy atom. The van der Waals surface area contributed by atoms with Gasteiger partial charge in [0.2, 0.25) is 5.91 Å². The number of aryl methyl sites for hydroxylation is 1. The van der Waals surface area contributed by atoms with E-state index >= 15 is 0 Å². The Morgan fingerprint density at radius 3 is 2.71 bits per heavy atom. The Morgan fingerprint density at radius 2 is 2.04 bits per heavy atom. The molecule has 1 aromatic carbocycles. The van der Waals surface area contributed by atoms with Gasteiger partial charge in [-0.25, -0.2) is 0 Å². The molecule has 2 aliphatic rings. The van der Waals surface area contributed by atoms with Crippen LogP contribution in [0.4, 0.5) is 5.69 Å². The molecule has 2 N–H and O–H groups in total. The summed E-state index contributed by atoms with van der Waals surface area (Å²) >= 11 is 0. The van der Waals surface area contributed by atoms with Crippen LogP contribution in [0.2, 0.25) is 0 Å². The molecule has 1 aliphatic carbocycles. The van der Waals surface area contributed by atoms with E-state index < -0.39 is 0 Å². The molecule has 0 atom stereocenters. The SMILES string of the molecule is CN=C(NCC(=O)N1CCCc2ccccc21)NCC1(CCOC)CCC1.I. The summed E-state index contributed by atoms with van der Waals surface area (Å²) in [7, 11) is 3.50. The quantitative estimate of drug-likeness (QED) is 0.344. The van der Waals surface area contributed by atoms with Crippen molar-refractivity contribution in [3.63, 3.8) is 0 Å². The third-order valence-corrected chi connectivity index (χ3v) is 5.92. The van der Waals surface area contributed by atoms with Crippen LogP contribution in [0.1, 0.15) is 37.7 Å². The van der Waals surface area contributed by atoms with Crippen molar-refractivity contribution in [3.8, 4) is 0 Å². The number of carbonyl (C=O) groups excluding carboxylic acids is 1. The van der Waals surface area contributed by atoms with E-state index in [1.807, 2.05) is 23.1 Å². The van der Waals surface area contributed by atoms with Crippen molar-refractivity contribution < 1.29 is 9.53 Å². The number of nitrogens with one attached hydrogen (secondary N) is 2. The maximum atomic E-state index is 12.8. The molecule has 7 heteroatoms. The van der Waals surface area contributed by atoms with Crippen LogP contribution in [0.15, 0.2) is 29.3 Å². The number of rotatable bonds is 7. The van der Waals surface area contributed by atoms with E-state index in [-0.39, 0.29) is 36.4 Å². The van der Waals surface area contributed by atoms with E-state index in [0.29, 0.717) is 11.4 Å². The van der Waals surface area contributed by atoms with Crippen molar-refractivity contribution in [2.75, 3.05) is 45.3 Å². The van der Waals surface area contributed by atoms with Crippen LogP contribution in [0.3, 0.4) is 0 Å². The minimum Gasteiger partial charge on any atom is -0.385 e. The molecule has 156 valence electrons. The molecule has 1 fully saturated rings. The number of anilines is 1. The summed E-state index contributed by atoms with van der Waals surface area (Å²) in [5.41, 5.74) is 2.61. The van der Waals surface area contributed by atoms with Gasteiger partial charge in [-0.05, 0) is 49.1 Å². The lowest BCUT2D eigenvalue weighted by Gasteiger charge is -2.42. The van der Waals surface area contributed by atoms with Crippen molar-refractivity contribution >= 4 is 41.5 Å². The Balaban J connectivity index is 0.00000280. The van der Waals surface area contributed by atoms with Gasteiger partial charge in [0.25, 0.3) is 0 Å². The highest BCUT2D eigenvalue weighted by molar-refractivity contribution is 14.0. The molecule has 28 heavy (non-hydrogen) atoms. The number of ether oxygens (including phenoxy) is 1. The summed E-state index contributed by atoms with van der Waals surface area (Å²) in [5.74, 6) is 0.778. The fourth-order valence-corrected chi connectivity index (χ4v) is 4.05. The van der Waals surface area contributed by atoms with Crippen LogP contribution in [0, 0.1) is 5.41 Å². The first kappa shape index (κ1) is 22.9. The maximum absolute atomic E-state index is 12.8. The molecule has 1 aromatic rings. The first-order valence-corrected chi connectivity index (χ1v) is 9.99. The molecule has 1 heterocycles. The number of guanidine groups is 1. The second kappa shape index (κ2) is 11.0. The molecule has 0 aromatic heterocycles. The van der Waals surface area contributed by atoms with Crippen molar-refractivity contribution in [1.82, 2.24) is 10.6 Å². The molecule has 6 nitrogen and oxygen atoms in total. The van der Waals surface area contributed by atoms with Crippen molar-refractivity contribution in [1.29, 1.82) is 0 Å². The average molecular weight is 500 g/mol. The van der Waals surface area contributed by atoms with Crippen LogP contribution >= 0.6 is 24.0 Å². The summed E-state index contributed by atoms with van der Waals surface area (Å²) in [6.07, 6.45) is 6.85. The minimum absolute atomic E-state index is 0. The second-order valence-corrected chi connectivity index (χ2v) is 7.65. The van der Waals surface area contributed by atoms with Crippen molar-refractivity contribution in [3.05, 3.63) is 29.8 Å². The normalized spacial score (nSPS) is 17.8. The smallest absolute Gasteiger partial charge is 0.246 e. The van der Waals surface area contributed by atoms with E-state index in [9.17, 15) is 4.79 Å². The highest BCUT2D eigenvalue weighted by atomic mass is 127. The number of fused-ring (bicyclic) bond motifs is 1. The van der Waals surface area contributed by atoms with Crippen molar-refractivity contribution in [2.45, 2.75) is 38.5 Å². The number of hydrogen-bond acceptors (Lipinski definition) is 3. The Bertz CT molecular complexity index is 676. The molecule has 0 radical (unpaired) electrons. The number of nitrogens with zero attached hydrogens (tertiary/aromatic N) is 2. The predicted molar refractivity (Wildman–Crippen MR) is 125 cm³/mol. The number of halogens is 1. The van der Waals surface area contributed by atoms with E-state index in [2.05, 4.69) is 21.7 Å². The lowest BCUT2D eigenvalue weighted by Crippen LogP contribution is -2.49. The van der Waals surface area contributed by atoms with Gasteiger partial charge < -0.3 is 20.3 Å². The fraction of sp³-hybridized carbons (Fsp3) is 0.619. The average Bonchev–Trinajstić information content (AvgIpc) is 2.68. The standard InChI is InChI=1S/C21H32N4O2.HI/c1-22-20(24-16-21(10-6-11-21)12-14-27-2)23-15-19(26)25-13-5-8-17-7-3-4-9-18(17)25;/h3-4,7,9H,5-6,8,10-16H2,1-2H3,(H2,22,23,24);1H. The largest absolute Gasteiger partial charge is 0.385 e. The maximum Gasteiger partial charge on any atom is 0.246 e. The zero-order valence-electron chi connectivity index (χ0n) is 17.0. The van der Waals surface area contributed by atoms with E-state index in [4.69, 9.17) is 4.74 Å². The lowest BCUT2D eigenvalue weighted by molar-refractivity contribution is -0.117. The van der Waals surface area contributed by atoms with Crippen LogP contribution in [-0.2, 0) is 16.0 Å². The zero-order valence-corrected chi connectivity index (χ0v) is 19.3. The first-order chi connectivity index (χ1) is 13.2. The van der Waals surface area contributed by atoms with Crippen LogP contribution in [0.25, 0.3) is 0 Å². The van der Waals surface area contributed by atoms with E-state index in [1.54, 1.807) is 14.2 Å². The highest BCUT2D eigenvalue weighted by Gasteiger charge is 2.36. The van der Waals surface area contributed by atoms with Gasteiger partial charge in [-0.3, -0.25) is 9.79 Å². The predicted octanol–water partition coefficient (Wildman–Crippen LogP) is 2.96. The number of amides is 1. The zero-order chi connectivity index (χ0) is 19.1. The molecule has 1 aliphatic heterocycles. The van der Waals surface area contributed by atoms with Gasteiger partial charge in [-0.2, -0.15) is 0 Å². The number of aliphatic imine (C=N–C) groups is 1. The van der Waals surface area contributed by atoms with E-state index in [1.165, 1.54) is 24.8 Å². The summed E-state index contributed by atoms with van der Waals surface area (Å²) in [6.45, 7) is 2.69. The number of benzene rings is 1. The van der Waals surface area contributed by atoms with Crippen molar-refractivity contribution in [2.24, 2.45) is 10.4 Å². The number of hydrogen-bond donors (Lipinski definition) is 2. The summed E-state index contributed by atoms with van der Waals surface area (Å²) in [6, 6.07) is 8.18. The third-order valence-electron chi connectivity index (χ3n) is 5.92. The number of para-hydroxylation sites is 1. The first-order valence-electron chi connectivity index (χ1n) is 9.99. The van der Waals surface area contributed by atoms with Crippen LogP contribution < -0.4 is 15.5 Å².